The van der Waals surface area contributed by atoms with E-state index in [1.54, 1.807) is 0 Å². The summed E-state index contributed by atoms with van der Waals surface area (Å²) in [6.45, 7) is 3.77. The van der Waals surface area contributed by atoms with Crippen LogP contribution in [0.15, 0.2) is 0 Å². The van der Waals surface area contributed by atoms with E-state index in [-0.39, 0.29) is 6.17 Å². The van der Waals surface area contributed by atoms with Crippen LogP contribution in [0.3, 0.4) is 0 Å². The molecular weight excluding hydrogens is 228 g/mol. The second-order valence-corrected chi connectivity index (χ2v) is 5.45. The van der Waals surface area contributed by atoms with Gasteiger partial charge in [-0.25, -0.2) is 0 Å². The van der Waals surface area contributed by atoms with Crippen molar-refractivity contribution in [3.63, 3.8) is 0 Å². The summed E-state index contributed by atoms with van der Waals surface area (Å²) in [5.74, 6) is -0.223. The van der Waals surface area contributed by atoms with Crippen molar-refractivity contribution < 1.29 is 0 Å². The summed E-state index contributed by atoms with van der Waals surface area (Å²) in [5.41, 5.74) is 28.8. The van der Waals surface area contributed by atoms with Crippen molar-refractivity contribution in [2.75, 3.05) is 20.1 Å². The van der Waals surface area contributed by atoms with Crippen LogP contribution in [-0.4, -0.2) is 37.0 Å². The standard InChI is InChI=1S/C12H32N6/c1-10(9-13)5-4-8-18(2)12(16,17)7-3-6-11(14)15/h10-11H,3-9,13-17H2,1-2H3. The molecule has 0 aromatic rings. The van der Waals surface area contributed by atoms with Crippen LogP contribution in [-0.2, 0) is 0 Å². The Bertz CT molecular complexity index is 207. The average molecular weight is 260 g/mol. The van der Waals surface area contributed by atoms with Crippen molar-refractivity contribution in [2.24, 2.45) is 34.6 Å². The van der Waals surface area contributed by atoms with Gasteiger partial charge in [0.15, 0.2) is 0 Å². The number of hydrogen-bond acceptors (Lipinski definition) is 6. The number of nitrogens with zero attached hydrogens (tertiary/aromatic N) is 1. The predicted molar refractivity (Wildman–Crippen MR) is 77.2 cm³/mol. The smallest absolute Gasteiger partial charge is 0.120 e. The fraction of sp³-hybridized carbons (Fsp3) is 1.00. The molecule has 10 N–H and O–H groups in total. The molecule has 0 aromatic carbocycles. The Kier molecular flexibility index (Phi) is 8.67. The van der Waals surface area contributed by atoms with Crippen LogP contribution in [0.25, 0.3) is 0 Å². The summed E-state index contributed by atoms with van der Waals surface area (Å²) >= 11 is 0. The first-order chi connectivity index (χ1) is 8.29. The summed E-state index contributed by atoms with van der Waals surface area (Å²) in [7, 11) is 1.95. The highest BCUT2D eigenvalue weighted by Crippen LogP contribution is 2.12. The molecule has 0 bridgehead atoms. The van der Waals surface area contributed by atoms with Gasteiger partial charge in [-0.05, 0) is 51.6 Å². The molecule has 1 unspecified atom stereocenters. The van der Waals surface area contributed by atoms with Gasteiger partial charge < -0.3 is 28.7 Å². The molecule has 0 saturated carbocycles. The topological polar surface area (TPSA) is 133 Å². The largest absolute Gasteiger partial charge is 0.330 e. The van der Waals surface area contributed by atoms with Crippen molar-refractivity contribution in [3.8, 4) is 0 Å². The van der Waals surface area contributed by atoms with Crippen molar-refractivity contribution in [1.82, 2.24) is 4.90 Å². The number of nitrogens with two attached hydrogens (primary N) is 5. The van der Waals surface area contributed by atoms with E-state index in [9.17, 15) is 0 Å². The molecule has 18 heavy (non-hydrogen) atoms. The lowest BCUT2D eigenvalue weighted by Crippen LogP contribution is -2.61. The lowest BCUT2D eigenvalue weighted by molar-refractivity contribution is 0.112. The van der Waals surface area contributed by atoms with Gasteiger partial charge >= 0.3 is 0 Å². The Morgan fingerprint density at radius 3 is 2.22 bits per heavy atom. The van der Waals surface area contributed by atoms with Crippen molar-refractivity contribution in [2.45, 2.75) is 51.0 Å². The second kappa shape index (κ2) is 8.79. The average Bonchev–Trinajstić information content (AvgIpc) is 2.27. The summed E-state index contributed by atoms with van der Waals surface area (Å²) in [4.78, 5) is 2.00. The molecule has 0 rings (SSSR count). The molecule has 0 fully saturated rings. The van der Waals surface area contributed by atoms with Gasteiger partial charge in [-0.1, -0.05) is 6.92 Å². The molecule has 0 heterocycles. The molecule has 1 atom stereocenters. The molecular formula is C12H32N6. The zero-order chi connectivity index (χ0) is 14.2. The summed E-state index contributed by atoms with van der Waals surface area (Å²) in [6.07, 6.45) is 4.16. The zero-order valence-corrected chi connectivity index (χ0v) is 11.9. The molecule has 0 aliphatic carbocycles. The molecule has 0 aromatic heterocycles. The van der Waals surface area contributed by atoms with Gasteiger partial charge in [0.25, 0.3) is 0 Å². The van der Waals surface area contributed by atoms with E-state index in [4.69, 9.17) is 28.7 Å². The second-order valence-electron chi connectivity index (χ2n) is 5.45. The first kappa shape index (κ1) is 17.8. The first-order valence-corrected chi connectivity index (χ1v) is 6.79. The van der Waals surface area contributed by atoms with Crippen LogP contribution in [0.4, 0.5) is 0 Å². The van der Waals surface area contributed by atoms with Gasteiger partial charge in [-0.15, -0.1) is 0 Å². The van der Waals surface area contributed by atoms with Gasteiger partial charge in [0.2, 0.25) is 0 Å². The zero-order valence-electron chi connectivity index (χ0n) is 11.9. The molecule has 0 spiro atoms. The van der Waals surface area contributed by atoms with Gasteiger partial charge in [0.05, 0.1) is 6.17 Å². The molecule has 0 saturated heterocycles. The quantitative estimate of drug-likeness (QED) is 0.329. The maximum atomic E-state index is 6.09. The van der Waals surface area contributed by atoms with E-state index in [2.05, 4.69) is 6.92 Å². The Morgan fingerprint density at radius 2 is 1.72 bits per heavy atom. The van der Waals surface area contributed by atoms with Crippen LogP contribution in [0.5, 0.6) is 0 Å². The highest BCUT2D eigenvalue weighted by Gasteiger charge is 2.24. The van der Waals surface area contributed by atoms with Crippen molar-refractivity contribution in [1.29, 1.82) is 0 Å². The monoisotopic (exact) mass is 260 g/mol. The van der Waals surface area contributed by atoms with Crippen molar-refractivity contribution in [3.05, 3.63) is 0 Å². The third-order valence-corrected chi connectivity index (χ3v) is 3.42. The minimum absolute atomic E-state index is 0.281. The highest BCUT2D eigenvalue weighted by molar-refractivity contribution is 4.76. The lowest BCUT2D eigenvalue weighted by atomic mass is 10.0. The van der Waals surface area contributed by atoms with Gasteiger partial charge in [0.1, 0.15) is 5.79 Å². The van der Waals surface area contributed by atoms with Crippen LogP contribution < -0.4 is 28.7 Å². The Morgan fingerprint density at radius 1 is 1.11 bits per heavy atom. The third kappa shape index (κ3) is 7.97. The Labute approximate surface area is 111 Å². The number of rotatable bonds is 10. The normalized spacial score (nSPS) is 14.5. The summed E-state index contributed by atoms with van der Waals surface area (Å²) in [6, 6.07) is 0. The molecule has 0 amide bonds. The van der Waals surface area contributed by atoms with E-state index >= 15 is 0 Å². The van der Waals surface area contributed by atoms with Gasteiger partial charge in [-0.2, -0.15) is 0 Å². The van der Waals surface area contributed by atoms with E-state index < -0.39 is 5.79 Å². The maximum Gasteiger partial charge on any atom is 0.120 e. The van der Waals surface area contributed by atoms with Crippen molar-refractivity contribution >= 4 is 0 Å². The number of hydrogen-bond donors (Lipinski definition) is 5. The van der Waals surface area contributed by atoms with Gasteiger partial charge in [-0.3, -0.25) is 4.90 Å². The van der Waals surface area contributed by atoms with E-state index in [0.29, 0.717) is 12.3 Å². The van der Waals surface area contributed by atoms with E-state index in [1.165, 1.54) is 0 Å². The Balaban J connectivity index is 3.87. The predicted octanol–water partition coefficient (Wildman–Crippen LogP) is -0.722. The summed E-state index contributed by atoms with van der Waals surface area (Å²) < 4.78 is 0. The Hall–Kier alpha value is -0.240. The SMILES string of the molecule is CC(CN)CCCN(C)C(N)(N)CCCC(N)N. The molecule has 0 aliphatic rings. The maximum absolute atomic E-state index is 6.09. The van der Waals surface area contributed by atoms with Crippen LogP contribution in [0.1, 0.15) is 39.0 Å². The molecule has 6 heteroatoms. The molecule has 0 aliphatic heterocycles. The van der Waals surface area contributed by atoms with Crippen LogP contribution in [0.2, 0.25) is 0 Å². The van der Waals surface area contributed by atoms with Crippen LogP contribution >= 0.6 is 0 Å². The van der Waals surface area contributed by atoms with Gasteiger partial charge in [0, 0.05) is 6.54 Å². The third-order valence-electron chi connectivity index (χ3n) is 3.42. The fourth-order valence-electron chi connectivity index (χ4n) is 1.81. The minimum Gasteiger partial charge on any atom is -0.330 e. The molecule has 0 radical (unpaired) electrons. The first-order valence-electron chi connectivity index (χ1n) is 6.79. The van der Waals surface area contributed by atoms with Crippen LogP contribution in [0, 0.1) is 5.92 Å². The minimum atomic E-state index is -0.777. The molecule has 6 nitrogen and oxygen atoms in total. The van der Waals surface area contributed by atoms with E-state index in [0.717, 1.165) is 38.8 Å². The van der Waals surface area contributed by atoms with E-state index in [1.807, 2.05) is 11.9 Å². The fourth-order valence-corrected chi connectivity index (χ4v) is 1.81. The lowest BCUT2D eigenvalue weighted by Gasteiger charge is -2.35. The highest BCUT2D eigenvalue weighted by atomic mass is 15.3. The summed E-state index contributed by atoms with van der Waals surface area (Å²) in [5, 5.41) is 0. The molecule has 110 valence electrons.